The SMILES string of the molecule is CCSCCC(C)NS(=O)(=O)c1cc(CO)oc1Br. The zero-order chi connectivity index (χ0) is 14.5. The summed E-state index contributed by atoms with van der Waals surface area (Å²) < 4.78 is 32.1. The smallest absolute Gasteiger partial charge is 0.245 e. The van der Waals surface area contributed by atoms with E-state index < -0.39 is 10.0 Å². The van der Waals surface area contributed by atoms with Crippen LogP contribution < -0.4 is 4.72 Å². The monoisotopic (exact) mass is 371 g/mol. The first kappa shape index (κ1) is 17.0. The van der Waals surface area contributed by atoms with Gasteiger partial charge in [0, 0.05) is 12.1 Å². The number of rotatable bonds is 8. The van der Waals surface area contributed by atoms with Crippen LogP contribution in [0.4, 0.5) is 0 Å². The average Bonchev–Trinajstić information content (AvgIpc) is 2.71. The minimum atomic E-state index is -3.63. The van der Waals surface area contributed by atoms with E-state index in [9.17, 15) is 8.42 Å². The molecule has 19 heavy (non-hydrogen) atoms. The van der Waals surface area contributed by atoms with Gasteiger partial charge in [0.15, 0.2) is 4.67 Å². The van der Waals surface area contributed by atoms with E-state index in [0.29, 0.717) is 0 Å². The molecular formula is C11H18BrNO4S2. The molecule has 0 aromatic carbocycles. The molecule has 0 amide bonds. The average molecular weight is 372 g/mol. The van der Waals surface area contributed by atoms with Gasteiger partial charge in [-0.3, -0.25) is 0 Å². The number of hydrogen-bond acceptors (Lipinski definition) is 5. The van der Waals surface area contributed by atoms with E-state index in [4.69, 9.17) is 9.52 Å². The van der Waals surface area contributed by atoms with Crippen LogP contribution in [-0.4, -0.2) is 31.1 Å². The summed E-state index contributed by atoms with van der Waals surface area (Å²) in [5, 5.41) is 8.93. The molecule has 0 bridgehead atoms. The Hall–Kier alpha value is -0.0200. The summed E-state index contributed by atoms with van der Waals surface area (Å²) in [7, 11) is -3.63. The minimum Gasteiger partial charge on any atom is -0.450 e. The quantitative estimate of drug-likeness (QED) is 0.685. The highest BCUT2D eigenvalue weighted by molar-refractivity contribution is 9.10. The predicted octanol–water partition coefficient (Wildman–Crippen LogP) is 2.34. The lowest BCUT2D eigenvalue weighted by molar-refractivity contribution is 0.245. The van der Waals surface area contributed by atoms with Crippen LogP contribution in [0.15, 0.2) is 20.0 Å². The van der Waals surface area contributed by atoms with E-state index in [-0.39, 0.29) is 28.0 Å². The van der Waals surface area contributed by atoms with Crippen LogP contribution in [-0.2, 0) is 16.6 Å². The number of nitrogens with one attached hydrogen (secondary N) is 1. The Kier molecular flexibility index (Phi) is 6.89. The third kappa shape index (κ3) is 5.11. The summed E-state index contributed by atoms with van der Waals surface area (Å²) in [5.74, 6) is 2.14. The number of sulfonamides is 1. The van der Waals surface area contributed by atoms with Crippen molar-refractivity contribution in [2.45, 2.75) is 37.8 Å². The van der Waals surface area contributed by atoms with E-state index in [1.165, 1.54) is 6.07 Å². The molecule has 0 aliphatic rings. The van der Waals surface area contributed by atoms with Gasteiger partial charge in [0.1, 0.15) is 17.3 Å². The molecule has 8 heteroatoms. The number of aliphatic hydroxyl groups is 1. The fourth-order valence-electron chi connectivity index (χ4n) is 1.45. The topological polar surface area (TPSA) is 79.5 Å². The lowest BCUT2D eigenvalue weighted by Crippen LogP contribution is -2.33. The van der Waals surface area contributed by atoms with Gasteiger partial charge in [-0.2, -0.15) is 11.8 Å². The molecule has 0 saturated heterocycles. The van der Waals surface area contributed by atoms with Crippen LogP contribution in [0.25, 0.3) is 0 Å². The number of thioether (sulfide) groups is 1. The van der Waals surface area contributed by atoms with Crippen molar-refractivity contribution in [3.05, 3.63) is 16.5 Å². The summed E-state index contributed by atoms with van der Waals surface area (Å²) in [4.78, 5) is 0.0199. The Morgan fingerprint density at radius 3 is 2.79 bits per heavy atom. The fourth-order valence-corrected chi connectivity index (χ4v) is 4.54. The zero-order valence-electron chi connectivity index (χ0n) is 10.8. The number of furan rings is 1. The van der Waals surface area contributed by atoms with Gasteiger partial charge >= 0.3 is 0 Å². The largest absolute Gasteiger partial charge is 0.450 e. The Morgan fingerprint density at radius 1 is 1.58 bits per heavy atom. The summed E-state index contributed by atoms with van der Waals surface area (Å²) in [5.41, 5.74) is 0. The molecule has 0 spiro atoms. The maximum Gasteiger partial charge on any atom is 0.245 e. The standard InChI is InChI=1S/C11H18BrNO4S2/c1-3-18-5-4-8(2)13-19(15,16)10-6-9(7-14)17-11(10)12/h6,8,13-14H,3-5,7H2,1-2H3. The van der Waals surface area contributed by atoms with E-state index in [0.717, 1.165) is 17.9 Å². The first-order valence-electron chi connectivity index (χ1n) is 5.89. The summed E-state index contributed by atoms with van der Waals surface area (Å²) >= 11 is 4.82. The lowest BCUT2D eigenvalue weighted by Gasteiger charge is -2.13. The van der Waals surface area contributed by atoms with Crippen LogP contribution in [0.3, 0.4) is 0 Å². The van der Waals surface area contributed by atoms with Gasteiger partial charge in [-0.15, -0.1) is 0 Å². The maximum absolute atomic E-state index is 12.1. The highest BCUT2D eigenvalue weighted by atomic mass is 79.9. The van der Waals surface area contributed by atoms with Gasteiger partial charge < -0.3 is 9.52 Å². The second kappa shape index (κ2) is 7.68. The van der Waals surface area contributed by atoms with E-state index in [1.807, 2.05) is 6.92 Å². The van der Waals surface area contributed by atoms with Gasteiger partial charge in [0.2, 0.25) is 10.0 Å². The third-order valence-corrected chi connectivity index (χ3v) is 5.79. The molecule has 1 atom stereocenters. The van der Waals surface area contributed by atoms with Crippen molar-refractivity contribution in [3.8, 4) is 0 Å². The van der Waals surface area contributed by atoms with Crippen LogP contribution >= 0.6 is 27.7 Å². The Balaban J connectivity index is 2.72. The maximum atomic E-state index is 12.1. The molecule has 5 nitrogen and oxygen atoms in total. The molecule has 2 N–H and O–H groups in total. The molecule has 1 unspecified atom stereocenters. The van der Waals surface area contributed by atoms with Crippen LogP contribution in [0.2, 0.25) is 0 Å². The van der Waals surface area contributed by atoms with E-state index in [1.54, 1.807) is 11.8 Å². The van der Waals surface area contributed by atoms with Gasteiger partial charge in [-0.1, -0.05) is 6.92 Å². The summed E-state index contributed by atoms with van der Waals surface area (Å²) in [6.45, 7) is 3.56. The summed E-state index contributed by atoms with van der Waals surface area (Å²) in [6, 6.07) is 1.17. The summed E-state index contributed by atoms with van der Waals surface area (Å²) in [6.07, 6.45) is 0.764. The van der Waals surface area contributed by atoms with Gasteiger partial charge in [-0.25, -0.2) is 13.1 Å². The van der Waals surface area contributed by atoms with Crippen molar-refractivity contribution in [1.29, 1.82) is 0 Å². The highest BCUT2D eigenvalue weighted by Crippen LogP contribution is 2.26. The molecule has 0 aliphatic heterocycles. The van der Waals surface area contributed by atoms with Crippen LogP contribution in [0, 0.1) is 0 Å². The van der Waals surface area contributed by atoms with E-state index in [2.05, 4.69) is 27.6 Å². The van der Waals surface area contributed by atoms with Crippen molar-refractivity contribution in [1.82, 2.24) is 4.72 Å². The Morgan fingerprint density at radius 2 is 2.26 bits per heavy atom. The van der Waals surface area contributed by atoms with Gasteiger partial charge in [-0.05, 0) is 40.8 Å². The molecule has 1 heterocycles. The number of hydrogen-bond donors (Lipinski definition) is 2. The first-order chi connectivity index (χ1) is 8.90. The first-order valence-corrected chi connectivity index (χ1v) is 9.33. The molecule has 0 fully saturated rings. The van der Waals surface area contributed by atoms with Crippen molar-refractivity contribution in [2.75, 3.05) is 11.5 Å². The van der Waals surface area contributed by atoms with Crippen LogP contribution in [0.1, 0.15) is 26.0 Å². The molecule has 0 aliphatic carbocycles. The molecule has 1 aromatic heterocycles. The molecule has 1 aromatic rings. The van der Waals surface area contributed by atoms with Gasteiger partial charge in [0.05, 0.1) is 0 Å². The van der Waals surface area contributed by atoms with Crippen molar-refractivity contribution >= 4 is 37.7 Å². The second-order valence-electron chi connectivity index (χ2n) is 4.02. The molecule has 0 saturated carbocycles. The van der Waals surface area contributed by atoms with Crippen molar-refractivity contribution < 1.29 is 17.9 Å². The normalized spacial score (nSPS) is 13.7. The van der Waals surface area contributed by atoms with Crippen molar-refractivity contribution in [3.63, 3.8) is 0 Å². The second-order valence-corrected chi connectivity index (χ2v) is 7.81. The lowest BCUT2D eigenvalue weighted by atomic mass is 10.3. The third-order valence-electron chi connectivity index (χ3n) is 2.41. The highest BCUT2D eigenvalue weighted by Gasteiger charge is 2.23. The van der Waals surface area contributed by atoms with Crippen molar-refractivity contribution in [2.24, 2.45) is 0 Å². The molecule has 1 rings (SSSR count). The van der Waals surface area contributed by atoms with Crippen LogP contribution in [0.5, 0.6) is 0 Å². The minimum absolute atomic E-state index is 0.0199. The van der Waals surface area contributed by atoms with E-state index >= 15 is 0 Å². The molecule has 110 valence electrons. The number of halogens is 1. The Bertz CT molecular complexity index is 501. The number of aliphatic hydroxyl groups excluding tert-OH is 1. The fraction of sp³-hybridized carbons (Fsp3) is 0.636. The molecular weight excluding hydrogens is 354 g/mol. The Labute approximate surface area is 126 Å². The molecule has 0 radical (unpaired) electrons. The van der Waals surface area contributed by atoms with Gasteiger partial charge in [0.25, 0.3) is 0 Å². The zero-order valence-corrected chi connectivity index (χ0v) is 14.1. The predicted molar refractivity (Wildman–Crippen MR) is 79.7 cm³/mol.